The van der Waals surface area contributed by atoms with Crippen molar-refractivity contribution in [3.05, 3.63) is 82.9 Å². The maximum absolute atomic E-state index is 15.3. The third-order valence-corrected chi connectivity index (χ3v) is 7.59. The summed E-state index contributed by atoms with van der Waals surface area (Å²) in [5.41, 5.74) is 9.27. The SMILES string of the molecule is COCCc1ccc(-c2ccc(C(=O)N3C4CCC3CC(N)C4)cc2-c2ccc(C#N)c(F)c2)c(F)c1. The van der Waals surface area contributed by atoms with E-state index in [9.17, 15) is 9.18 Å². The molecular formula is C30H29F2N3O2. The summed E-state index contributed by atoms with van der Waals surface area (Å²) in [6.45, 7) is 0.481. The molecule has 7 heteroatoms. The number of piperidine rings is 1. The van der Waals surface area contributed by atoms with Crippen molar-refractivity contribution in [1.29, 1.82) is 5.26 Å². The highest BCUT2D eigenvalue weighted by Crippen LogP contribution is 2.39. The fourth-order valence-corrected chi connectivity index (χ4v) is 5.78. The van der Waals surface area contributed by atoms with E-state index >= 15 is 4.39 Å². The Bertz CT molecular complexity index is 1370. The van der Waals surface area contributed by atoms with Crippen LogP contribution in [0.2, 0.25) is 0 Å². The molecule has 0 aliphatic carbocycles. The Kier molecular flexibility index (Phi) is 7.05. The molecule has 0 saturated carbocycles. The number of nitriles is 1. The first kappa shape index (κ1) is 25.1. The van der Waals surface area contributed by atoms with E-state index in [-0.39, 0.29) is 29.6 Å². The van der Waals surface area contributed by atoms with Gasteiger partial charge in [-0.05, 0) is 84.7 Å². The lowest BCUT2D eigenvalue weighted by atomic mass is 9.90. The number of nitrogens with zero attached hydrogens (tertiary/aromatic N) is 2. The van der Waals surface area contributed by atoms with Crippen LogP contribution >= 0.6 is 0 Å². The van der Waals surface area contributed by atoms with Crippen LogP contribution in [0.5, 0.6) is 0 Å². The molecule has 2 N–H and O–H groups in total. The number of ether oxygens (including phenoxy) is 1. The number of carbonyl (C=O) groups is 1. The van der Waals surface area contributed by atoms with E-state index in [1.807, 2.05) is 17.0 Å². The average molecular weight is 502 g/mol. The highest BCUT2D eigenvalue weighted by Gasteiger charge is 2.42. The molecule has 2 saturated heterocycles. The minimum absolute atomic E-state index is 0.0764. The number of carbonyl (C=O) groups excluding carboxylic acids is 1. The van der Waals surface area contributed by atoms with Gasteiger partial charge in [-0.3, -0.25) is 4.79 Å². The molecule has 3 aromatic carbocycles. The first-order valence-electron chi connectivity index (χ1n) is 12.6. The predicted molar refractivity (Wildman–Crippen MR) is 138 cm³/mol. The number of halogens is 2. The summed E-state index contributed by atoms with van der Waals surface area (Å²) in [6, 6.07) is 16.6. The highest BCUT2D eigenvalue weighted by atomic mass is 19.1. The first-order valence-corrected chi connectivity index (χ1v) is 12.6. The van der Waals surface area contributed by atoms with E-state index in [0.717, 1.165) is 31.2 Å². The number of hydrogen-bond acceptors (Lipinski definition) is 4. The lowest BCUT2D eigenvalue weighted by Crippen LogP contribution is -2.50. The summed E-state index contributed by atoms with van der Waals surface area (Å²) in [7, 11) is 1.60. The Morgan fingerprint density at radius 1 is 1.00 bits per heavy atom. The number of methoxy groups -OCH3 is 1. The van der Waals surface area contributed by atoms with Gasteiger partial charge in [0.05, 0.1) is 12.2 Å². The molecule has 0 spiro atoms. The van der Waals surface area contributed by atoms with Crippen LogP contribution in [0.3, 0.4) is 0 Å². The van der Waals surface area contributed by atoms with Crippen molar-refractivity contribution >= 4 is 5.91 Å². The molecule has 1 amide bonds. The number of rotatable bonds is 6. The van der Waals surface area contributed by atoms with E-state index < -0.39 is 11.6 Å². The Hall–Kier alpha value is -3.60. The van der Waals surface area contributed by atoms with Gasteiger partial charge in [-0.1, -0.05) is 24.3 Å². The van der Waals surface area contributed by atoms with Gasteiger partial charge in [0.25, 0.3) is 5.91 Å². The van der Waals surface area contributed by atoms with Crippen LogP contribution in [0.15, 0.2) is 54.6 Å². The standard InChI is InChI=1S/C30H29F2N3O2/c1-37-11-10-18-2-8-26(29(32)12-18)25-9-5-20(13-27(25)19-3-4-21(17-33)28(31)14-19)30(36)35-23-6-7-24(35)16-22(34)15-23/h2-5,8-9,12-14,22-24H,6-7,10-11,15-16,34H2,1H3. The van der Waals surface area contributed by atoms with Gasteiger partial charge < -0.3 is 15.4 Å². The van der Waals surface area contributed by atoms with Crippen molar-refractivity contribution in [2.24, 2.45) is 5.73 Å². The van der Waals surface area contributed by atoms with Gasteiger partial charge in [-0.15, -0.1) is 0 Å². The van der Waals surface area contributed by atoms with Gasteiger partial charge in [-0.25, -0.2) is 8.78 Å². The van der Waals surface area contributed by atoms with Gasteiger partial charge in [0.2, 0.25) is 0 Å². The fourth-order valence-electron chi connectivity index (χ4n) is 5.78. The number of fused-ring (bicyclic) bond motifs is 2. The smallest absolute Gasteiger partial charge is 0.254 e. The lowest BCUT2D eigenvalue weighted by molar-refractivity contribution is 0.0575. The third kappa shape index (κ3) is 4.87. The van der Waals surface area contributed by atoms with Crippen LogP contribution < -0.4 is 5.73 Å². The number of nitrogens with two attached hydrogens (primary N) is 1. The van der Waals surface area contributed by atoms with Crippen molar-refractivity contribution in [3.8, 4) is 28.3 Å². The summed E-state index contributed by atoms with van der Waals surface area (Å²) in [4.78, 5) is 15.6. The van der Waals surface area contributed by atoms with Crippen LogP contribution in [0.4, 0.5) is 8.78 Å². The monoisotopic (exact) mass is 501 g/mol. The maximum atomic E-state index is 15.3. The molecular weight excluding hydrogens is 472 g/mol. The molecule has 5 rings (SSSR count). The predicted octanol–water partition coefficient (Wildman–Crippen LogP) is 5.45. The molecule has 3 aromatic rings. The summed E-state index contributed by atoms with van der Waals surface area (Å²) >= 11 is 0. The maximum Gasteiger partial charge on any atom is 0.254 e. The molecule has 0 radical (unpaired) electrons. The lowest BCUT2D eigenvalue weighted by Gasteiger charge is -2.38. The van der Waals surface area contributed by atoms with Gasteiger partial charge in [0.15, 0.2) is 0 Å². The van der Waals surface area contributed by atoms with E-state index in [4.69, 9.17) is 15.7 Å². The van der Waals surface area contributed by atoms with E-state index in [2.05, 4.69) is 0 Å². The molecule has 2 heterocycles. The molecule has 37 heavy (non-hydrogen) atoms. The summed E-state index contributed by atoms with van der Waals surface area (Å²) in [5, 5.41) is 9.16. The van der Waals surface area contributed by atoms with Crippen molar-refractivity contribution in [2.75, 3.05) is 13.7 Å². The Labute approximate surface area is 215 Å². The molecule has 2 aliphatic rings. The van der Waals surface area contributed by atoms with Crippen molar-refractivity contribution in [2.45, 2.75) is 50.2 Å². The second-order valence-corrected chi connectivity index (χ2v) is 9.95. The molecule has 2 bridgehead atoms. The van der Waals surface area contributed by atoms with Crippen LogP contribution in [-0.2, 0) is 11.2 Å². The van der Waals surface area contributed by atoms with Gasteiger partial charge in [-0.2, -0.15) is 5.26 Å². The zero-order valence-electron chi connectivity index (χ0n) is 20.7. The van der Waals surface area contributed by atoms with Gasteiger partial charge in [0, 0.05) is 36.4 Å². The van der Waals surface area contributed by atoms with E-state index in [0.29, 0.717) is 40.8 Å². The van der Waals surface area contributed by atoms with Gasteiger partial charge >= 0.3 is 0 Å². The van der Waals surface area contributed by atoms with E-state index in [1.54, 1.807) is 37.4 Å². The van der Waals surface area contributed by atoms with Gasteiger partial charge in [0.1, 0.15) is 17.7 Å². The average Bonchev–Trinajstić information content (AvgIpc) is 3.17. The highest BCUT2D eigenvalue weighted by molar-refractivity contribution is 5.98. The molecule has 0 aromatic heterocycles. The summed E-state index contributed by atoms with van der Waals surface area (Å²) in [6.07, 6.45) is 4.03. The van der Waals surface area contributed by atoms with Crippen LogP contribution in [0, 0.1) is 23.0 Å². The normalized spacial score (nSPS) is 20.6. The van der Waals surface area contributed by atoms with Crippen molar-refractivity contribution in [3.63, 3.8) is 0 Å². The Morgan fingerprint density at radius 3 is 2.38 bits per heavy atom. The molecule has 190 valence electrons. The molecule has 2 unspecified atom stereocenters. The quantitative estimate of drug-likeness (QED) is 0.487. The number of amides is 1. The molecule has 5 nitrogen and oxygen atoms in total. The zero-order chi connectivity index (χ0) is 26.1. The molecule has 2 aliphatic heterocycles. The second-order valence-electron chi connectivity index (χ2n) is 9.95. The minimum Gasteiger partial charge on any atom is -0.384 e. The number of hydrogen-bond donors (Lipinski definition) is 1. The van der Waals surface area contributed by atoms with Crippen LogP contribution in [-0.4, -0.2) is 42.6 Å². The minimum atomic E-state index is -0.666. The Balaban J connectivity index is 1.58. The van der Waals surface area contributed by atoms with Crippen molar-refractivity contribution in [1.82, 2.24) is 4.90 Å². The zero-order valence-corrected chi connectivity index (χ0v) is 20.7. The van der Waals surface area contributed by atoms with Crippen LogP contribution in [0.25, 0.3) is 22.3 Å². The molecule has 2 atom stereocenters. The fraction of sp³-hybridized carbons (Fsp3) is 0.333. The van der Waals surface area contributed by atoms with Crippen molar-refractivity contribution < 1.29 is 18.3 Å². The first-order chi connectivity index (χ1) is 17.9. The third-order valence-electron chi connectivity index (χ3n) is 7.59. The Morgan fingerprint density at radius 2 is 1.73 bits per heavy atom. The number of benzene rings is 3. The second kappa shape index (κ2) is 10.4. The largest absolute Gasteiger partial charge is 0.384 e. The van der Waals surface area contributed by atoms with E-state index in [1.165, 1.54) is 18.2 Å². The topological polar surface area (TPSA) is 79.3 Å². The summed E-state index contributed by atoms with van der Waals surface area (Å²) in [5.74, 6) is -1.16. The summed E-state index contributed by atoms with van der Waals surface area (Å²) < 4.78 is 35.0. The molecule has 2 fully saturated rings. The van der Waals surface area contributed by atoms with Crippen LogP contribution in [0.1, 0.15) is 47.2 Å².